The van der Waals surface area contributed by atoms with Crippen molar-refractivity contribution in [2.24, 2.45) is 0 Å². The Bertz CT molecular complexity index is 2440. The SMILES string of the molecule is O=C1C(=Cc2ccc3cc(N(c4cccc5ccccc45)C4C=Cc5ccccc5C4)ccc3c2)C(=O)c2cc3ccccc3cc21. The number of rotatable bonds is 4. The molecule has 0 radical (unpaired) electrons. The van der Waals surface area contributed by atoms with E-state index in [2.05, 4.69) is 114 Å². The number of carbonyl (C=O) groups is 2. The predicted molar refractivity (Wildman–Crippen MR) is 194 cm³/mol. The van der Waals surface area contributed by atoms with Crippen LogP contribution in [0.4, 0.5) is 11.4 Å². The van der Waals surface area contributed by atoms with E-state index in [1.54, 1.807) is 6.08 Å². The van der Waals surface area contributed by atoms with Gasteiger partial charge in [-0.2, -0.15) is 0 Å². The van der Waals surface area contributed by atoms with E-state index in [0.717, 1.165) is 39.2 Å². The van der Waals surface area contributed by atoms with Crippen LogP contribution in [0.1, 0.15) is 37.4 Å². The molecule has 222 valence electrons. The van der Waals surface area contributed by atoms with E-state index in [-0.39, 0.29) is 23.2 Å². The van der Waals surface area contributed by atoms with Crippen LogP contribution in [0.3, 0.4) is 0 Å². The first-order valence-electron chi connectivity index (χ1n) is 16.0. The summed E-state index contributed by atoms with van der Waals surface area (Å²) in [6.45, 7) is 0. The largest absolute Gasteiger partial charge is 0.334 e. The minimum atomic E-state index is -0.209. The van der Waals surface area contributed by atoms with Crippen LogP contribution in [-0.4, -0.2) is 17.6 Å². The Morgan fingerprint density at radius 1 is 0.574 bits per heavy atom. The molecule has 0 saturated carbocycles. The minimum Gasteiger partial charge on any atom is -0.334 e. The molecule has 0 bridgehead atoms. The number of fused-ring (bicyclic) bond motifs is 5. The second-order valence-electron chi connectivity index (χ2n) is 12.4. The third kappa shape index (κ3) is 4.59. The molecule has 3 heteroatoms. The molecule has 7 aromatic carbocycles. The highest BCUT2D eigenvalue weighted by Gasteiger charge is 2.33. The summed E-state index contributed by atoms with van der Waals surface area (Å²) in [5.41, 5.74) is 6.92. The van der Waals surface area contributed by atoms with Gasteiger partial charge in [-0.1, -0.05) is 115 Å². The Morgan fingerprint density at radius 3 is 2.02 bits per heavy atom. The second kappa shape index (κ2) is 10.8. The van der Waals surface area contributed by atoms with Crippen LogP contribution >= 0.6 is 0 Å². The van der Waals surface area contributed by atoms with Gasteiger partial charge in [0.25, 0.3) is 0 Å². The molecular formula is C44H29NO2. The van der Waals surface area contributed by atoms with E-state index in [9.17, 15) is 9.59 Å². The molecular weight excluding hydrogens is 574 g/mol. The standard InChI is InChI=1S/C44H29NO2/c46-43-39-26-32-11-3-4-12-33(32)27-40(39)44(47)41(43)23-28-16-17-35-25-37(21-19-34(35)22-28)45(36-20-18-29-8-1-2-10-31(29)24-36)42-15-7-13-30-9-5-6-14-38(30)42/h1-23,25-27,36H,24H2. The molecule has 1 atom stereocenters. The molecule has 0 saturated heterocycles. The van der Waals surface area contributed by atoms with Crippen LogP contribution in [0.25, 0.3) is 44.5 Å². The summed E-state index contributed by atoms with van der Waals surface area (Å²) >= 11 is 0. The summed E-state index contributed by atoms with van der Waals surface area (Å²) in [4.78, 5) is 29.2. The molecule has 0 N–H and O–H groups in total. The summed E-state index contributed by atoms with van der Waals surface area (Å²) in [5, 5.41) is 6.48. The van der Waals surface area contributed by atoms with Crippen LogP contribution < -0.4 is 4.90 Å². The summed E-state index contributed by atoms with van der Waals surface area (Å²) in [6.07, 6.45) is 7.21. The van der Waals surface area contributed by atoms with Gasteiger partial charge in [0, 0.05) is 27.9 Å². The van der Waals surface area contributed by atoms with Gasteiger partial charge in [0.15, 0.2) is 11.6 Å². The molecule has 2 aliphatic carbocycles. The molecule has 0 spiro atoms. The van der Waals surface area contributed by atoms with E-state index in [0.29, 0.717) is 11.1 Å². The van der Waals surface area contributed by atoms with E-state index in [1.807, 2.05) is 42.5 Å². The van der Waals surface area contributed by atoms with Crippen molar-refractivity contribution in [2.75, 3.05) is 4.90 Å². The molecule has 2 aliphatic rings. The number of carbonyl (C=O) groups excluding carboxylic acids is 2. The maximum Gasteiger partial charge on any atom is 0.197 e. The number of anilines is 2. The smallest absolute Gasteiger partial charge is 0.197 e. The van der Waals surface area contributed by atoms with E-state index < -0.39 is 0 Å². The highest BCUT2D eigenvalue weighted by Crippen LogP contribution is 2.39. The third-order valence-electron chi connectivity index (χ3n) is 9.64. The molecule has 7 aromatic rings. The minimum absolute atomic E-state index is 0.134. The second-order valence-corrected chi connectivity index (χ2v) is 12.4. The summed E-state index contributed by atoms with van der Waals surface area (Å²) in [5.74, 6) is -0.418. The van der Waals surface area contributed by atoms with Crippen molar-refractivity contribution in [1.82, 2.24) is 0 Å². The normalized spacial score (nSPS) is 15.3. The lowest BCUT2D eigenvalue weighted by Crippen LogP contribution is -2.33. The maximum absolute atomic E-state index is 13.4. The van der Waals surface area contributed by atoms with Gasteiger partial charge in [-0.25, -0.2) is 0 Å². The van der Waals surface area contributed by atoms with Crippen molar-refractivity contribution in [3.05, 3.63) is 179 Å². The van der Waals surface area contributed by atoms with E-state index in [4.69, 9.17) is 0 Å². The Kier molecular flexibility index (Phi) is 6.26. The van der Waals surface area contributed by atoms with Crippen molar-refractivity contribution in [1.29, 1.82) is 0 Å². The fourth-order valence-electron chi connectivity index (χ4n) is 7.29. The lowest BCUT2D eigenvalue weighted by atomic mass is 9.92. The van der Waals surface area contributed by atoms with Gasteiger partial charge in [-0.05, 0) is 92.5 Å². The van der Waals surface area contributed by atoms with Gasteiger partial charge >= 0.3 is 0 Å². The Morgan fingerprint density at radius 2 is 1.21 bits per heavy atom. The van der Waals surface area contributed by atoms with Crippen LogP contribution in [0.2, 0.25) is 0 Å². The molecule has 9 rings (SSSR count). The number of Topliss-reactive ketones (excluding diaryl/α,β-unsaturated/α-hetero) is 2. The average molecular weight is 604 g/mol. The molecule has 0 heterocycles. The van der Waals surface area contributed by atoms with Gasteiger partial charge in [-0.15, -0.1) is 0 Å². The zero-order valence-electron chi connectivity index (χ0n) is 25.6. The van der Waals surface area contributed by atoms with Crippen LogP contribution in [0.5, 0.6) is 0 Å². The van der Waals surface area contributed by atoms with E-state index in [1.165, 1.54) is 27.6 Å². The number of allylic oxidation sites excluding steroid dienone is 1. The van der Waals surface area contributed by atoms with Gasteiger partial charge in [0.2, 0.25) is 0 Å². The molecule has 3 nitrogen and oxygen atoms in total. The average Bonchev–Trinajstić information content (AvgIpc) is 3.34. The van der Waals surface area contributed by atoms with Gasteiger partial charge in [0.1, 0.15) is 0 Å². The monoisotopic (exact) mass is 603 g/mol. The first-order valence-corrected chi connectivity index (χ1v) is 16.0. The lowest BCUT2D eigenvalue weighted by Gasteiger charge is -2.35. The predicted octanol–water partition coefficient (Wildman–Crippen LogP) is 10.4. The van der Waals surface area contributed by atoms with Crippen LogP contribution in [-0.2, 0) is 6.42 Å². The highest BCUT2D eigenvalue weighted by atomic mass is 16.2. The topological polar surface area (TPSA) is 37.4 Å². The first-order chi connectivity index (χ1) is 23.1. The Labute approximate surface area is 272 Å². The number of ketones is 2. The fraction of sp³-hybridized carbons (Fsp3) is 0.0455. The number of hydrogen-bond donors (Lipinski definition) is 0. The van der Waals surface area contributed by atoms with Crippen molar-refractivity contribution in [3.63, 3.8) is 0 Å². The van der Waals surface area contributed by atoms with Gasteiger partial charge in [-0.3, -0.25) is 9.59 Å². The van der Waals surface area contributed by atoms with Crippen molar-refractivity contribution >= 4 is 67.4 Å². The summed E-state index contributed by atoms with van der Waals surface area (Å²) < 4.78 is 0. The van der Waals surface area contributed by atoms with Gasteiger partial charge in [0.05, 0.1) is 11.6 Å². The zero-order valence-corrected chi connectivity index (χ0v) is 25.6. The molecule has 0 fully saturated rings. The van der Waals surface area contributed by atoms with Gasteiger partial charge < -0.3 is 4.90 Å². The first kappa shape index (κ1) is 27.3. The summed E-state index contributed by atoms with van der Waals surface area (Å²) in [6, 6.07) is 48.1. The molecule has 0 aromatic heterocycles. The zero-order chi connectivity index (χ0) is 31.5. The van der Waals surface area contributed by atoms with Crippen molar-refractivity contribution < 1.29 is 9.59 Å². The lowest BCUT2D eigenvalue weighted by molar-refractivity contribution is 0.0990. The molecule has 0 aliphatic heterocycles. The highest BCUT2D eigenvalue weighted by molar-refractivity contribution is 6.42. The molecule has 47 heavy (non-hydrogen) atoms. The van der Waals surface area contributed by atoms with Crippen molar-refractivity contribution in [2.45, 2.75) is 12.5 Å². The quantitative estimate of drug-likeness (QED) is 0.148. The van der Waals surface area contributed by atoms with Crippen molar-refractivity contribution in [3.8, 4) is 0 Å². The molecule has 1 unspecified atom stereocenters. The Hall–Kier alpha value is -6.06. The summed E-state index contributed by atoms with van der Waals surface area (Å²) in [7, 11) is 0. The van der Waals surface area contributed by atoms with Crippen LogP contribution in [0.15, 0.2) is 151 Å². The number of nitrogens with zero attached hydrogens (tertiary/aromatic N) is 1. The Balaban J connectivity index is 1.11. The molecule has 0 amide bonds. The van der Waals surface area contributed by atoms with E-state index >= 15 is 0 Å². The number of benzene rings is 7. The van der Waals surface area contributed by atoms with Crippen LogP contribution in [0, 0.1) is 0 Å². The number of hydrogen-bond acceptors (Lipinski definition) is 3. The third-order valence-corrected chi connectivity index (χ3v) is 9.64. The maximum atomic E-state index is 13.4. The fourth-order valence-corrected chi connectivity index (χ4v) is 7.29.